The summed E-state index contributed by atoms with van der Waals surface area (Å²) in [5, 5.41) is 0.459. The fourth-order valence-electron chi connectivity index (χ4n) is 2.14. The third kappa shape index (κ3) is 4.63. The summed E-state index contributed by atoms with van der Waals surface area (Å²) in [4.78, 5) is 7.51. The molecule has 2 rings (SSSR count). The fraction of sp³-hybridized carbons (Fsp3) is 0.583. The van der Waals surface area contributed by atoms with Gasteiger partial charge in [-0.3, -0.25) is 9.80 Å². The van der Waals surface area contributed by atoms with Crippen molar-refractivity contribution in [1.29, 1.82) is 0 Å². The lowest BCUT2D eigenvalue weighted by Crippen LogP contribution is -2.48. The van der Waals surface area contributed by atoms with Gasteiger partial charge in [-0.15, -0.1) is 0 Å². The van der Waals surface area contributed by atoms with E-state index in [1.807, 2.05) is 6.07 Å². The molecule has 1 aromatic heterocycles. The van der Waals surface area contributed by atoms with Crippen LogP contribution >= 0.6 is 11.6 Å². The summed E-state index contributed by atoms with van der Waals surface area (Å²) >= 11 is 5.96. The summed E-state index contributed by atoms with van der Waals surface area (Å²) in [5.41, 5.74) is 0.911. The van der Waals surface area contributed by atoms with Crippen molar-refractivity contribution >= 4 is 11.6 Å². The number of hydrogen-bond acceptors (Lipinski definition) is 3. The van der Waals surface area contributed by atoms with Gasteiger partial charge in [0.25, 0.3) is 0 Å². The van der Waals surface area contributed by atoms with Crippen molar-refractivity contribution in [3.63, 3.8) is 0 Å². The molecular formula is C12H15ClF3N3. The first-order valence-electron chi connectivity index (χ1n) is 6.05. The molecule has 0 atom stereocenters. The second-order valence-corrected chi connectivity index (χ2v) is 4.98. The van der Waals surface area contributed by atoms with Crippen molar-refractivity contribution in [1.82, 2.24) is 14.8 Å². The van der Waals surface area contributed by atoms with Gasteiger partial charge in [0.1, 0.15) is 5.15 Å². The van der Waals surface area contributed by atoms with E-state index in [1.165, 1.54) is 4.90 Å². The van der Waals surface area contributed by atoms with Crippen molar-refractivity contribution in [2.45, 2.75) is 12.7 Å². The normalized spacial score (nSPS) is 18.7. The quantitative estimate of drug-likeness (QED) is 0.798. The van der Waals surface area contributed by atoms with E-state index in [0.29, 0.717) is 37.9 Å². The Morgan fingerprint density at radius 2 is 1.79 bits per heavy atom. The SMILES string of the molecule is FC(F)(F)CN1CCN(Cc2cccnc2Cl)CC1. The molecule has 1 saturated heterocycles. The highest BCUT2D eigenvalue weighted by atomic mass is 35.5. The zero-order chi connectivity index (χ0) is 13.9. The average molecular weight is 294 g/mol. The predicted octanol–water partition coefficient (Wildman–Crippen LogP) is 2.41. The van der Waals surface area contributed by atoms with Crippen LogP contribution in [0.2, 0.25) is 5.15 Å². The van der Waals surface area contributed by atoms with E-state index in [1.54, 1.807) is 12.3 Å². The highest BCUT2D eigenvalue weighted by molar-refractivity contribution is 6.30. The summed E-state index contributed by atoms with van der Waals surface area (Å²) < 4.78 is 36.8. The van der Waals surface area contributed by atoms with Gasteiger partial charge in [0.15, 0.2) is 0 Å². The van der Waals surface area contributed by atoms with Crippen LogP contribution in [0.25, 0.3) is 0 Å². The second-order valence-electron chi connectivity index (χ2n) is 4.62. The lowest BCUT2D eigenvalue weighted by Gasteiger charge is -2.35. The maximum absolute atomic E-state index is 12.3. The van der Waals surface area contributed by atoms with Gasteiger partial charge in [-0.25, -0.2) is 4.98 Å². The molecule has 0 aliphatic carbocycles. The van der Waals surface area contributed by atoms with Crippen molar-refractivity contribution in [3.05, 3.63) is 29.0 Å². The summed E-state index contributed by atoms with van der Waals surface area (Å²) in [6.07, 6.45) is -2.50. The molecule has 7 heteroatoms. The van der Waals surface area contributed by atoms with E-state index in [0.717, 1.165) is 5.56 Å². The van der Waals surface area contributed by atoms with Crippen LogP contribution in [0.4, 0.5) is 13.2 Å². The summed E-state index contributed by atoms with van der Waals surface area (Å²) in [7, 11) is 0. The number of piperazine rings is 1. The lowest BCUT2D eigenvalue weighted by atomic mass is 10.2. The Balaban J connectivity index is 1.82. The largest absolute Gasteiger partial charge is 0.401 e. The van der Waals surface area contributed by atoms with Crippen molar-refractivity contribution in [2.75, 3.05) is 32.7 Å². The molecule has 1 aliphatic heterocycles. The molecule has 3 nitrogen and oxygen atoms in total. The number of rotatable bonds is 3. The summed E-state index contributed by atoms with van der Waals surface area (Å²) in [6.45, 7) is 1.89. The minimum absolute atomic E-state index is 0.428. The molecule has 106 valence electrons. The number of hydrogen-bond donors (Lipinski definition) is 0. The molecule has 1 aliphatic rings. The van der Waals surface area contributed by atoms with Gasteiger partial charge in [-0.2, -0.15) is 13.2 Å². The third-order valence-electron chi connectivity index (χ3n) is 3.10. The second kappa shape index (κ2) is 6.07. The predicted molar refractivity (Wildman–Crippen MR) is 67.0 cm³/mol. The van der Waals surface area contributed by atoms with Crippen LogP contribution in [0.5, 0.6) is 0 Å². The molecule has 0 saturated carbocycles. The summed E-state index contributed by atoms with van der Waals surface area (Å²) in [5.74, 6) is 0. The minimum atomic E-state index is -4.12. The first-order valence-corrected chi connectivity index (χ1v) is 6.43. The van der Waals surface area contributed by atoms with Crippen molar-refractivity contribution < 1.29 is 13.2 Å². The monoisotopic (exact) mass is 293 g/mol. The highest BCUT2D eigenvalue weighted by Crippen LogP contribution is 2.19. The smallest absolute Gasteiger partial charge is 0.296 e. The number of alkyl halides is 3. The van der Waals surface area contributed by atoms with Crippen LogP contribution in [0.15, 0.2) is 18.3 Å². The lowest BCUT2D eigenvalue weighted by molar-refractivity contribution is -0.149. The Bertz CT molecular complexity index is 417. The van der Waals surface area contributed by atoms with Crippen molar-refractivity contribution in [2.24, 2.45) is 0 Å². The standard InChI is InChI=1S/C12H15ClF3N3/c13-11-10(2-1-3-17-11)8-18-4-6-19(7-5-18)9-12(14,15)16/h1-3H,4-9H2. The third-order valence-corrected chi connectivity index (χ3v) is 3.44. The van der Waals surface area contributed by atoms with Gasteiger partial charge in [0, 0.05) is 44.5 Å². The first kappa shape index (κ1) is 14.6. The van der Waals surface area contributed by atoms with Crippen LogP contribution < -0.4 is 0 Å². The fourth-order valence-corrected chi connectivity index (χ4v) is 2.32. The van der Waals surface area contributed by atoms with Crippen LogP contribution in [0, 0.1) is 0 Å². The Labute approximate surface area is 115 Å². The number of halogens is 4. The summed E-state index contributed by atoms with van der Waals surface area (Å²) in [6, 6.07) is 3.69. The minimum Gasteiger partial charge on any atom is -0.296 e. The molecule has 0 amide bonds. The van der Waals surface area contributed by atoms with Gasteiger partial charge >= 0.3 is 6.18 Å². The molecular weight excluding hydrogens is 279 g/mol. The van der Waals surface area contributed by atoms with E-state index in [4.69, 9.17) is 11.6 Å². The zero-order valence-electron chi connectivity index (χ0n) is 10.3. The molecule has 0 spiro atoms. The van der Waals surface area contributed by atoms with Crippen LogP contribution in [-0.2, 0) is 6.54 Å². The Hall–Kier alpha value is -0.850. The molecule has 0 aromatic carbocycles. The van der Waals surface area contributed by atoms with E-state index >= 15 is 0 Å². The van der Waals surface area contributed by atoms with E-state index < -0.39 is 12.7 Å². The Morgan fingerprint density at radius 1 is 1.16 bits per heavy atom. The molecule has 19 heavy (non-hydrogen) atoms. The Morgan fingerprint density at radius 3 is 2.37 bits per heavy atom. The Kier molecular flexibility index (Phi) is 4.65. The van der Waals surface area contributed by atoms with E-state index in [-0.39, 0.29) is 0 Å². The number of pyridine rings is 1. The molecule has 1 aromatic rings. The van der Waals surface area contributed by atoms with E-state index in [9.17, 15) is 13.2 Å². The molecule has 0 unspecified atom stereocenters. The zero-order valence-corrected chi connectivity index (χ0v) is 11.1. The molecule has 0 bridgehead atoms. The van der Waals surface area contributed by atoms with Gasteiger partial charge in [-0.1, -0.05) is 17.7 Å². The van der Waals surface area contributed by atoms with Gasteiger partial charge in [-0.05, 0) is 6.07 Å². The molecule has 2 heterocycles. The molecule has 0 N–H and O–H groups in total. The van der Waals surface area contributed by atoms with Gasteiger partial charge in [0.05, 0.1) is 6.54 Å². The first-order chi connectivity index (χ1) is 8.94. The highest BCUT2D eigenvalue weighted by Gasteiger charge is 2.32. The molecule has 1 fully saturated rings. The average Bonchev–Trinajstić information content (AvgIpc) is 2.33. The van der Waals surface area contributed by atoms with Crippen LogP contribution in [0.1, 0.15) is 5.56 Å². The maximum atomic E-state index is 12.3. The van der Waals surface area contributed by atoms with E-state index in [2.05, 4.69) is 9.88 Å². The molecule has 0 radical (unpaired) electrons. The van der Waals surface area contributed by atoms with Crippen LogP contribution in [-0.4, -0.2) is 53.7 Å². The number of aromatic nitrogens is 1. The van der Waals surface area contributed by atoms with Crippen molar-refractivity contribution in [3.8, 4) is 0 Å². The van der Waals surface area contributed by atoms with Crippen LogP contribution in [0.3, 0.4) is 0 Å². The van der Waals surface area contributed by atoms with Gasteiger partial charge < -0.3 is 0 Å². The number of nitrogens with zero attached hydrogens (tertiary/aromatic N) is 3. The van der Waals surface area contributed by atoms with Gasteiger partial charge in [0.2, 0.25) is 0 Å². The topological polar surface area (TPSA) is 19.4 Å². The maximum Gasteiger partial charge on any atom is 0.401 e.